The largest absolute Gasteiger partial charge is 0.453 e. The summed E-state index contributed by atoms with van der Waals surface area (Å²) < 4.78 is 12.6. The molecule has 16 heteroatoms. The summed E-state index contributed by atoms with van der Waals surface area (Å²) in [5.74, 6) is -0.419. The van der Waals surface area contributed by atoms with E-state index in [0.29, 0.717) is 49.0 Å². The Balaban J connectivity index is 1.22. The van der Waals surface area contributed by atoms with E-state index in [1.807, 2.05) is 76.2 Å². The number of nitrogens with zero attached hydrogens (tertiary/aromatic N) is 6. The molecule has 60 heavy (non-hydrogen) atoms. The fourth-order valence-corrected chi connectivity index (χ4v) is 8.29. The highest BCUT2D eigenvalue weighted by Gasteiger charge is 2.40. The lowest BCUT2D eigenvalue weighted by molar-refractivity contribution is -0.136. The molecule has 2 saturated heterocycles. The van der Waals surface area contributed by atoms with Gasteiger partial charge in [-0.25, -0.2) is 19.6 Å². The zero-order valence-electron chi connectivity index (χ0n) is 35.4. The first-order valence-electron chi connectivity index (χ1n) is 20.3. The number of nitrogens with one attached hydrogen (secondary N) is 2. The maximum Gasteiger partial charge on any atom is 0.407 e. The van der Waals surface area contributed by atoms with Crippen molar-refractivity contribution in [2.24, 2.45) is 11.8 Å². The molecule has 2 aliphatic rings. The van der Waals surface area contributed by atoms with Crippen LogP contribution in [-0.4, -0.2) is 104 Å². The molecule has 16 nitrogen and oxygen atoms in total. The highest BCUT2D eigenvalue weighted by molar-refractivity contribution is 5.89. The van der Waals surface area contributed by atoms with Gasteiger partial charge >= 0.3 is 12.2 Å². The van der Waals surface area contributed by atoms with Crippen LogP contribution in [0.15, 0.2) is 60.9 Å². The van der Waals surface area contributed by atoms with Crippen LogP contribution in [0.25, 0.3) is 33.6 Å². The molecule has 2 N–H and O–H groups in total. The summed E-state index contributed by atoms with van der Waals surface area (Å²) in [6.45, 7) is 11.3. The van der Waals surface area contributed by atoms with Gasteiger partial charge in [0.1, 0.15) is 23.7 Å². The molecule has 0 radical (unpaired) electrons. The lowest BCUT2D eigenvalue weighted by Gasteiger charge is -2.30. The van der Waals surface area contributed by atoms with E-state index in [0.717, 1.165) is 35.1 Å². The SMILES string of the molecule is COC(=O)NC(C(=O)N1CCCC1c1ncc(-c2ccc(-c3ccc(-c4cnc(C5CCCN5C(=O)C(NC(=O)OC)C(C)C)n4C(C)=O)cc3)cc2)n1C(C)=O)C(C)C. The molecule has 318 valence electrons. The van der Waals surface area contributed by atoms with Crippen molar-refractivity contribution >= 4 is 35.8 Å². The van der Waals surface area contributed by atoms with Gasteiger partial charge in [0.05, 0.1) is 50.1 Å². The number of carbonyl (C=O) groups excluding carboxylic acids is 6. The second kappa shape index (κ2) is 18.3. The molecule has 4 heterocycles. The van der Waals surface area contributed by atoms with Crippen LogP contribution in [0.2, 0.25) is 0 Å². The summed E-state index contributed by atoms with van der Waals surface area (Å²) in [6, 6.07) is 13.0. The molecule has 0 bridgehead atoms. The molecule has 4 amide bonds. The van der Waals surface area contributed by atoms with Crippen LogP contribution in [-0.2, 0) is 19.1 Å². The first-order chi connectivity index (χ1) is 28.7. The maximum atomic E-state index is 13.8. The number of carbonyl (C=O) groups is 6. The summed E-state index contributed by atoms with van der Waals surface area (Å²) in [6.07, 6.45) is 4.63. The van der Waals surface area contributed by atoms with Crippen LogP contribution in [0.5, 0.6) is 0 Å². The van der Waals surface area contributed by atoms with Gasteiger partial charge in [-0.2, -0.15) is 0 Å². The van der Waals surface area contributed by atoms with Crippen LogP contribution in [0.1, 0.15) is 101 Å². The van der Waals surface area contributed by atoms with E-state index in [1.165, 1.54) is 28.1 Å². The van der Waals surface area contributed by atoms with Crippen molar-refractivity contribution in [1.82, 2.24) is 39.5 Å². The summed E-state index contributed by atoms with van der Waals surface area (Å²) in [5, 5.41) is 5.32. The molecule has 4 unspecified atom stereocenters. The van der Waals surface area contributed by atoms with Crippen molar-refractivity contribution in [2.75, 3.05) is 27.3 Å². The van der Waals surface area contributed by atoms with Crippen LogP contribution in [0.4, 0.5) is 9.59 Å². The lowest BCUT2D eigenvalue weighted by Crippen LogP contribution is -2.51. The summed E-state index contributed by atoms with van der Waals surface area (Å²) in [5.41, 5.74) is 4.58. The third-order valence-corrected chi connectivity index (χ3v) is 11.4. The fraction of sp³-hybridized carbons (Fsp3) is 0.455. The quantitative estimate of drug-likeness (QED) is 0.169. The third-order valence-electron chi connectivity index (χ3n) is 11.4. The van der Waals surface area contributed by atoms with Crippen LogP contribution < -0.4 is 10.6 Å². The van der Waals surface area contributed by atoms with Crippen molar-refractivity contribution in [3.8, 4) is 33.6 Å². The Labute approximate surface area is 349 Å². The summed E-state index contributed by atoms with van der Waals surface area (Å²) in [7, 11) is 2.51. The van der Waals surface area contributed by atoms with Gasteiger partial charge in [-0.1, -0.05) is 76.2 Å². The molecule has 2 aromatic carbocycles. The first kappa shape index (κ1) is 43.3. The molecule has 2 aromatic heterocycles. The highest BCUT2D eigenvalue weighted by atomic mass is 16.5. The predicted octanol–water partition coefficient (Wildman–Crippen LogP) is 6.49. The monoisotopic (exact) mass is 822 g/mol. The predicted molar refractivity (Wildman–Crippen MR) is 223 cm³/mol. The van der Waals surface area contributed by atoms with Crippen molar-refractivity contribution in [3.63, 3.8) is 0 Å². The topological polar surface area (TPSA) is 187 Å². The number of imidazole rings is 2. The molecular weight excluding hydrogens is 769 g/mol. The molecule has 4 aromatic rings. The van der Waals surface area contributed by atoms with E-state index in [2.05, 4.69) is 20.6 Å². The number of amides is 4. The smallest absolute Gasteiger partial charge is 0.407 e. The number of rotatable bonds is 11. The van der Waals surface area contributed by atoms with Gasteiger partial charge in [0, 0.05) is 38.1 Å². The second-order valence-electron chi connectivity index (χ2n) is 16.0. The van der Waals surface area contributed by atoms with Crippen LogP contribution in [0, 0.1) is 11.8 Å². The lowest BCUT2D eigenvalue weighted by atomic mass is 10.0. The number of likely N-dealkylation sites (tertiary alicyclic amines) is 2. The second-order valence-corrected chi connectivity index (χ2v) is 16.0. The Kier molecular flexibility index (Phi) is 13.2. The minimum absolute atomic E-state index is 0.193. The number of aromatic nitrogens is 4. The fourth-order valence-electron chi connectivity index (χ4n) is 8.29. The van der Waals surface area contributed by atoms with E-state index < -0.39 is 36.4 Å². The standard InChI is InChI=1S/C44H54N8O8/c1-25(2)37(47-43(57)59-7)41(55)49-21-9-11-33(49)39-45-23-35(51(39)27(5)53)31-17-13-29(14-18-31)30-15-19-32(20-16-30)36-24-46-40(52(36)28(6)54)34-12-10-22-50(34)42(56)38(26(3)4)48-44(58)60-8/h13-20,23-26,33-34,37-38H,9-12,21-22H2,1-8H3,(H,47,57)(H,48,58). The van der Waals surface area contributed by atoms with E-state index in [4.69, 9.17) is 9.47 Å². The van der Waals surface area contributed by atoms with Gasteiger partial charge in [0.25, 0.3) is 0 Å². The van der Waals surface area contributed by atoms with E-state index >= 15 is 0 Å². The number of hydrogen-bond donors (Lipinski definition) is 2. The van der Waals surface area contributed by atoms with E-state index in [9.17, 15) is 28.8 Å². The number of benzene rings is 2. The Hall–Kier alpha value is -6.32. The van der Waals surface area contributed by atoms with Gasteiger partial charge in [0.15, 0.2) is 0 Å². The zero-order valence-corrected chi connectivity index (χ0v) is 35.4. The maximum absolute atomic E-state index is 13.8. The Bertz CT molecular complexity index is 2090. The van der Waals surface area contributed by atoms with E-state index in [1.54, 1.807) is 31.3 Å². The number of hydrogen-bond acceptors (Lipinski definition) is 10. The van der Waals surface area contributed by atoms with Crippen molar-refractivity contribution in [3.05, 3.63) is 72.6 Å². The van der Waals surface area contributed by atoms with Gasteiger partial charge in [0.2, 0.25) is 23.6 Å². The minimum atomic E-state index is -0.796. The summed E-state index contributed by atoms with van der Waals surface area (Å²) in [4.78, 5) is 90.7. The van der Waals surface area contributed by atoms with Gasteiger partial charge in [-0.3, -0.25) is 28.3 Å². The summed E-state index contributed by atoms with van der Waals surface area (Å²) >= 11 is 0. The Morgan fingerprint density at radius 2 is 0.917 bits per heavy atom. The number of alkyl carbamates (subject to hydrolysis) is 2. The molecule has 0 saturated carbocycles. The highest BCUT2D eigenvalue weighted by Crippen LogP contribution is 2.37. The molecule has 0 aliphatic carbocycles. The van der Waals surface area contributed by atoms with Gasteiger partial charge in [-0.05, 0) is 48.6 Å². The molecule has 6 rings (SSSR count). The molecule has 0 spiro atoms. The average molecular weight is 823 g/mol. The van der Waals surface area contributed by atoms with Crippen molar-refractivity contribution in [2.45, 2.75) is 91.4 Å². The molecule has 4 atom stereocenters. The van der Waals surface area contributed by atoms with Crippen molar-refractivity contribution < 1.29 is 38.2 Å². The van der Waals surface area contributed by atoms with Crippen molar-refractivity contribution in [1.29, 1.82) is 0 Å². The van der Waals surface area contributed by atoms with E-state index in [-0.39, 0.29) is 35.5 Å². The number of ether oxygens (including phenoxy) is 2. The van der Waals surface area contributed by atoms with Gasteiger partial charge in [-0.15, -0.1) is 0 Å². The zero-order chi connectivity index (χ0) is 43.4. The van der Waals surface area contributed by atoms with Crippen LogP contribution >= 0.6 is 0 Å². The third kappa shape index (κ3) is 8.68. The van der Waals surface area contributed by atoms with Crippen LogP contribution in [0.3, 0.4) is 0 Å². The van der Waals surface area contributed by atoms with Gasteiger partial charge < -0.3 is 29.9 Å². The molecule has 2 fully saturated rings. The first-order valence-corrected chi connectivity index (χ1v) is 20.3. The Morgan fingerprint density at radius 1 is 0.583 bits per heavy atom. The number of methoxy groups -OCH3 is 2. The average Bonchev–Trinajstić information content (AvgIpc) is 4.06. The normalized spacial score (nSPS) is 17.4. The molecule has 2 aliphatic heterocycles. The molecular formula is C44H54N8O8. The minimum Gasteiger partial charge on any atom is -0.453 e. The Morgan fingerprint density at radius 3 is 1.22 bits per heavy atom.